The Morgan fingerprint density at radius 1 is 1.14 bits per heavy atom. The van der Waals surface area contributed by atoms with E-state index >= 15 is 0 Å². The van der Waals surface area contributed by atoms with Gasteiger partial charge in [-0.15, -0.1) is 0 Å². The number of aryl methyl sites for hydroxylation is 1. The van der Waals surface area contributed by atoms with Crippen molar-refractivity contribution < 1.29 is 9.18 Å². The highest BCUT2D eigenvalue weighted by Crippen LogP contribution is 2.14. The van der Waals surface area contributed by atoms with Crippen LogP contribution in [0.3, 0.4) is 0 Å². The van der Waals surface area contributed by atoms with E-state index in [2.05, 4.69) is 0 Å². The van der Waals surface area contributed by atoms with Crippen molar-refractivity contribution in [3.63, 3.8) is 0 Å². The molecule has 0 bridgehead atoms. The van der Waals surface area contributed by atoms with Gasteiger partial charge in [-0.2, -0.15) is 0 Å². The van der Waals surface area contributed by atoms with Gasteiger partial charge in [-0.1, -0.05) is 42.0 Å². The van der Waals surface area contributed by atoms with Crippen molar-refractivity contribution in [1.29, 1.82) is 0 Å². The number of benzene rings is 2. The van der Waals surface area contributed by atoms with E-state index in [1.54, 1.807) is 24.1 Å². The number of amides is 1. The number of hydrogen-bond donors (Lipinski definition) is 1. The molecule has 22 heavy (non-hydrogen) atoms. The Labute approximate surface area is 130 Å². The zero-order valence-electron chi connectivity index (χ0n) is 12.9. The molecule has 0 aliphatic rings. The van der Waals surface area contributed by atoms with E-state index in [1.807, 2.05) is 31.2 Å². The minimum absolute atomic E-state index is 0.119. The standard InChI is InChI=1S/C18H21FN2O/c1-13-3-7-15(8-4-13)17(20)18(22)21(2)12-11-14-5-9-16(19)10-6-14/h3-10,17H,11-12,20H2,1-2H3. The summed E-state index contributed by atoms with van der Waals surface area (Å²) in [6.45, 7) is 2.54. The molecular weight excluding hydrogens is 279 g/mol. The molecule has 2 rings (SSSR count). The number of likely N-dealkylation sites (N-methyl/N-ethyl adjacent to an activating group) is 1. The Kier molecular flexibility index (Phi) is 5.28. The van der Waals surface area contributed by atoms with Crippen molar-refractivity contribution in [3.8, 4) is 0 Å². The van der Waals surface area contributed by atoms with Gasteiger partial charge in [0.25, 0.3) is 0 Å². The van der Waals surface area contributed by atoms with E-state index < -0.39 is 6.04 Å². The number of halogens is 1. The quantitative estimate of drug-likeness (QED) is 0.923. The van der Waals surface area contributed by atoms with E-state index in [9.17, 15) is 9.18 Å². The predicted octanol–water partition coefficient (Wildman–Crippen LogP) is 2.84. The summed E-state index contributed by atoms with van der Waals surface area (Å²) in [4.78, 5) is 14.0. The van der Waals surface area contributed by atoms with Gasteiger partial charge in [0.2, 0.25) is 5.91 Å². The fourth-order valence-corrected chi connectivity index (χ4v) is 2.21. The maximum absolute atomic E-state index is 12.9. The first-order valence-corrected chi connectivity index (χ1v) is 7.29. The zero-order valence-corrected chi connectivity index (χ0v) is 12.9. The lowest BCUT2D eigenvalue weighted by Crippen LogP contribution is -2.37. The Balaban J connectivity index is 1.93. The first kappa shape index (κ1) is 16.2. The SMILES string of the molecule is Cc1ccc(C(N)C(=O)N(C)CCc2ccc(F)cc2)cc1. The van der Waals surface area contributed by atoms with Crippen LogP contribution in [0, 0.1) is 12.7 Å². The molecule has 0 saturated heterocycles. The third kappa shape index (κ3) is 4.15. The second-order valence-electron chi connectivity index (χ2n) is 5.52. The van der Waals surface area contributed by atoms with Gasteiger partial charge < -0.3 is 10.6 Å². The molecule has 0 fully saturated rings. The van der Waals surface area contributed by atoms with Crippen LogP contribution in [0.1, 0.15) is 22.7 Å². The van der Waals surface area contributed by atoms with Crippen molar-refractivity contribution in [1.82, 2.24) is 4.90 Å². The van der Waals surface area contributed by atoms with E-state index in [4.69, 9.17) is 5.73 Å². The molecule has 0 heterocycles. The fraction of sp³-hybridized carbons (Fsp3) is 0.278. The molecule has 1 atom stereocenters. The third-order valence-corrected chi connectivity index (χ3v) is 3.73. The molecule has 2 N–H and O–H groups in total. The van der Waals surface area contributed by atoms with Crippen molar-refractivity contribution in [3.05, 3.63) is 71.0 Å². The lowest BCUT2D eigenvalue weighted by atomic mass is 10.0. The van der Waals surface area contributed by atoms with Crippen LogP contribution in [-0.4, -0.2) is 24.4 Å². The van der Waals surface area contributed by atoms with Gasteiger partial charge in [0.1, 0.15) is 11.9 Å². The summed E-state index contributed by atoms with van der Waals surface area (Å²) in [5.74, 6) is -0.375. The van der Waals surface area contributed by atoms with Crippen molar-refractivity contribution in [2.45, 2.75) is 19.4 Å². The summed E-state index contributed by atoms with van der Waals surface area (Å²) in [6.07, 6.45) is 0.670. The highest BCUT2D eigenvalue weighted by atomic mass is 19.1. The Morgan fingerprint density at radius 2 is 1.73 bits per heavy atom. The maximum atomic E-state index is 12.9. The number of rotatable bonds is 5. The first-order valence-electron chi connectivity index (χ1n) is 7.29. The van der Waals surface area contributed by atoms with Gasteiger partial charge in [-0.3, -0.25) is 4.79 Å². The largest absolute Gasteiger partial charge is 0.344 e. The number of nitrogens with zero attached hydrogens (tertiary/aromatic N) is 1. The molecule has 3 nitrogen and oxygen atoms in total. The van der Waals surface area contributed by atoms with Crippen LogP contribution in [0.2, 0.25) is 0 Å². The topological polar surface area (TPSA) is 46.3 Å². The van der Waals surface area contributed by atoms with Crippen LogP contribution in [0.15, 0.2) is 48.5 Å². The average Bonchev–Trinajstić information content (AvgIpc) is 2.53. The molecule has 1 unspecified atom stereocenters. The van der Waals surface area contributed by atoms with Gasteiger partial charge >= 0.3 is 0 Å². The predicted molar refractivity (Wildman–Crippen MR) is 85.8 cm³/mol. The van der Waals surface area contributed by atoms with E-state index in [0.29, 0.717) is 13.0 Å². The van der Waals surface area contributed by atoms with Crippen LogP contribution < -0.4 is 5.73 Å². The van der Waals surface area contributed by atoms with Gasteiger partial charge in [-0.25, -0.2) is 4.39 Å². The summed E-state index contributed by atoms with van der Waals surface area (Å²) in [6, 6.07) is 13.3. The molecule has 116 valence electrons. The van der Waals surface area contributed by atoms with Crippen LogP contribution in [-0.2, 0) is 11.2 Å². The van der Waals surface area contributed by atoms with E-state index in [0.717, 1.165) is 16.7 Å². The first-order chi connectivity index (χ1) is 10.5. The number of carbonyl (C=O) groups excluding carboxylic acids is 1. The van der Waals surface area contributed by atoms with Gasteiger partial charge in [0.15, 0.2) is 0 Å². The number of nitrogens with two attached hydrogens (primary N) is 1. The van der Waals surface area contributed by atoms with Gasteiger partial charge in [-0.05, 0) is 36.6 Å². The Bertz CT molecular complexity index is 623. The lowest BCUT2D eigenvalue weighted by Gasteiger charge is -2.21. The molecule has 0 aliphatic heterocycles. The van der Waals surface area contributed by atoms with Crippen molar-refractivity contribution in [2.24, 2.45) is 5.73 Å². The molecule has 2 aromatic carbocycles. The molecule has 2 aromatic rings. The summed E-state index contributed by atoms with van der Waals surface area (Å²) < 4.78 is 12.9. The Morgan fingerprint density at radius 3 is 2.32 bits per heavy atom. The molecule has 0 aliphatic carbocycles. The summed E-state index contributed by atoms with van der Waals surface area (Å²) in [5, 5.41) is 0. The maximum Gasteiger partial charge on any atom is 0.243 e. The van der Waals surface area contributed by atoms with Crippen molar-refractivity contribution >= 4 is 5.91 Å². The van der Waals surface area contributed by atoms with Crippen LogP contribution in [0.4, 0.5) is 4.39 Å². The lowest BCUT2D eigenvalue weighted by molar-refractivity contribution is -0.131. The monoisotopic (exact) mass is 300 g/mol. The van der Waals surface area contributed by atoms with Gasteiger partial charge in [0, 0.05) is 13.6 Å². The molecule has 0 aromatic heterocycles. The highest BCUT2D eigenvalue weighted by molar-refractivity contribution is 5.82. The summed E-state index contributed by atoms with van der Waals surface area (Å²) in [7, 11) is 1.74. The van der Waals surface area contributed by atoms with Crippen LogP contribution >= 0.6 is 0 Å². The zero-order chi connectivity index (χ0) is 16.1. The van der Waals surface area contributed by atoms with E-state index in [1.165, 1.54) is 12.1 Å². The molecular formula is C18H21FN2O. The molecule has 0 radical (unpaired) electrons. The second-order valence-corrected chi connectivity index (χ2v) is 5.52. The number of carbonyl (C=O) groups is 1. The van der Waals surface area contributed by atoms with Crippen molar-refractivity contribution in [2.75, 3.05) is 13.6 Å². The van der Waals surface area contributed by atoms with Crippen LogP contribution in [0.25, 0.3) is 0 Å². The smallest absolute Gasteiger partial charge is 0.243 e. The minimum atomic E-state index is -0.654. The summed E-state index contributed by atoms with van der Waals surface area (Å²) in [5.41, 5.74) is 8.97. The minimum Gasteiger partial charge on any atom is -0.344 e. The summed E-state index contributed by atoms with van der Waals surface area (Å²) >= 11 is 0. The highest BCUT2D eigenvalue weighted by Gasteiger charge is 2.19. The molecule has 0 spiro atoms. The molecule has 0 saturated carbocycles. The Hall–Kier alpha value is -2.20. The van der Waals surface area contributed by atoms with Gasteiger partial charge in [0.05, 0.1) is 0 Å². The van der Waals surface area contributed by atoms with E-state index in [-0.39, 0.29) is 11.7 Å². The van der Waals surface area contributed by atoms with Crippen LogP contribution in [0.5, 0.6) is 0 Å². The molecule has 4 heteroatoms. The normalized spacial score (nSPS) is 12.0. The molecule has 1 amide bonds. The third-order valence-electron chi connectivity index (χ3n) is 3.73. The average molecular weight is 300 g/mol. The second kappa shape index (κ2) is 7.18. The number of hydrogen-bond acceptors (Lipinski definition) is 2. The fourth-order valence-electron chi connectivity index (χ4n) is 2.21.